The maximum atomic E-state index is 11.3. The van der Waals surface area contributed by atoms with Gasteiger partial charge >= 0.3 is 5.97 Å². The lowest BCUT2D eigenvalue weighted by atomic mass is 9.96. The van der Waals surface area contributed by atoms with Crippen LogP contribution in [0, 0.1) is 11.8 Å². The van der Waals surface area contributed by atoms with Gasteiger partial charge in [0.2, 0.25) is 0 Å². The molecule has 0 amide bonds. The van der Waals surface area contributed by atoms with Gasteiger partial charge in [-0.15, -0.1) is 0 Å². The van der Waals surface area contributed by atoms with Crippen LogP contribution in [0.25, 0.3) is 0 Å². The fourth-order valence-corrected chi connectivity index (χ4v) is 2.24. The molecule has 0 aliphatic carbocycles. The SMILES string of the molecule is COC(=O)C#Cc1cc(OC)ccc1C(OC)c1ccccc1. The summed E-state index contributed by atoms with van der Waals surface area (Å²) in [6, 6.07) is 15.3. The van der Waals surface area contributed by atoms with Crippen LogP contribution in [-0.2, 0) is 14.3 Å². The molecular weight excluding hydrogens is 292 g/mol. The summed E-state index contributed by atoms with van der Waals surface area (Å²) in [7, 11) is 4.52. The van der Waals surface area contributed by atoms with Gasteiger partial charge in [0, 0.05) is 24.2 Å². The fourth-order valence-electron chi connectivity index (χ4n) is 2.24. The molecule has 0 fully saturated rings. The molecular formula is C19H18O4. The topological polar surface area (TPSA) is 44.8 Å². The molecule has 118 valence electrons. The fraction of sp³-hybridized carbons (Fsp3) is 0.211. The molecule has 2 aromatic carbocycles. The molecule has 0 heterocycles. The highest BCUT2D eigenvalue weighted by Crippen LogP contribution is 2.30. The third-order valence-corrected chi connectivity index (χ3v) is 3.37. The van der Waals surface area contributed by atoms with E-state index in [4.69, 9.17) is 9.47 Å². The number of esters is 1. The van der Waals surface area contributed by atoms with E-state index in [1.807, 2.05) is 42.5 Å². The predicted molar refractivity (Wildman–Crippen MR) is 87.2 cm³/mol. The minimum atomic E-state index is -0.590. The Bertz CT molecular complexity index is 726. The number of carbonyl (C=O) groups excluding carboxylic acids is 1. The number of ether oxygens (including phenoxy) is 3. The first-order valence-electron chi connectivity index (χ1n) is 7.05. The second kappa shape index (κ2) is 8.02. The first kappa shape index (κ1) is 16.6. The first-order chi connectivity index (χ1) is 11.2. The van der Waals surface area contributed by atoms with Gasteiger partial charge in [0.25, 0.3) is 0 Å². The zero-order valence-electron chi connectivity index (χ0n) is 13.3. The Hall–Kier alpha value is -2.77. The number of carbonyl (C=O) groups is 1. The number of rotatable bonds is 4. The van der Waals surface area contributed by atoms with E-state index in [0.717, 1.165) is 11.1 Å². The molecule has 0 aliphatic heterocycles. The number of benzene rings is 2. The van der Waals surface area contributed by atoms with Crippen LogP contribution in [0.5, 0.6) is 5.75 Å². The monoisotopic (exact) mass is 310 g/mol. The third-order valence-electron chi connectivity index (χ3n) is 3.37. The van der Waals surface area contributed by atoms with Crippen molar-refractivity contribution in [3.05, 3.63) is 65.2 Å². The van der Waals surface area contributed by atoms with Crippen LogP contribution in [0.2, 0.25) is 0 Å². The van der Waals surface area contributed by atoms with Crippen LogP contribution in [0.4, 0.5) is 0 Å². The summed E-state index contributed by atoms with van der Waals surface area (Å²) in [5.41, 5.74) is 2.52. The van der Waals surface area contributed by atoms with Gasteiger partial charge in [0.05, 0.1) is 14.2 Å². The zero-order valence-corrected chi connectivity index (χ0v) is 13.3. The molecule has 2 rings (SSSR count). The predicted octanol–water partition coefficient (Wildman–Crippen LogP) is 2.96. The Morgan fingerprint density at radius 2 is 1.78 bits per heavy atom. The number of methoxy groups -OCH3 is 3. The Morgan fingerprint density at radius 1 is 1.04 bits per heavy atom. The summed E-state index contributed by atoms with van der Waals surface area (Å²) < 4.78 is 15.4. The van der Waals surface area contributed by atoms with Crippen LogP contribution in [-0.4, -0.2) is 27.3 Å². The molecule has 0 spiro atoms. The van der Waals surface area contributed by atoms with Crippen molar-refractivity contribution in [1.29, 1.82) is 0 Å². The van der Waals surface area contributed by atoms with Crippen molar-refractivity contribution >= 4 is 5.97 Å². The van der Waals surface area contributed by atoms with E-state index in [9.17, 15) is 4.79 Å². The summed E-state index contributed by atoms with van der Waals surface area (Å²) in [6.45, 7) is 0. The highest BCUT2D eigenvalue weighted by molar-refractivity contribution is 5.89. The van der Waals surface area contributed by atoms with Crippen LogP contribution in [0.15, 0.2) is 48.5 Å². The highest BCUT2D eigenvalue weighted by atomic mass is 16.5. The van der Waals surface area contributed by atoms with Crippen molar-refractivity contribution in [2.75, 3.05) is 21.3 Å². The van der Waals surface area contributed by atoms with Gasteiger partial charge in [-0.25, -0.2) is 4.79 Å². The first-order valence-corrected chi connectivity index (χ1v) is 7.05. The molecule has 2 aromatic rings. The van der Waals surface area contributed by atoms with Crippen LogP contribution >= 0.6 is 0 Å². The van der Waals surface area contributed by atoms with Gasteiger partial charge < -0.3 is 14.2 Å². The van der Waals surface area contributed by atoms with E-state index >= 15 is 0 Å². The van der Waals surface area contributed by atoms with E-state index in [1.165, 1.54) is 7.11 Å². The average Bonchev–Trinajstić information content (AvgIpc) is 2.61. The van der Waals surface area contributed by atoms with E-state index in [-0.39, 0.29) is 6.10 Å². The molecule has 23 heavy (non-hydrogen) atoms. The summed E-state index contributed by atoms with van der Waals surface area (Å²) in [6.07, 6.45) is -0.288. The summed E-state index contributed by atoms with van der Waals surface area (Å²) in [5.74, 6) is 5.36. The Morgan fingerprint density at radius 3 is 2.39 bits per heavy atom. The van der Waals surface area contributed by atoms with Gasteiger partial charge in [-0.3, -0.25) is 0 Å². The van der Waals surface area contributed by atoms with Gasteiger partial charge in [0.15, 0.2) is 0 Å². The molecule has 0 N–H and O–H groups in total. The van der Waals surface area contributed by atoms with Crippen molar-refractivity contribution < 1.29 is 19.0 Å². The normalized spacial score (nSPS) is 11.1. The maximum Gasteiger partial charge on any atom is 0.384 e. The molecule has 1 unspecified atom stereocenters. The quantitative estimate of drug-likeness (QED) is 0.643. The molecule has 0 radical (unpaired) electrons. The Kier molecular flexibility index (Phi) is 5.79. The lowest BCUT2D eigenvalue weighted by Gasteiger charge is -2.18. The second-order valence-corrected chi connectivity index (χ2v) is 4.72. The Labute approximate surface area is 136 Å². The molecule has 1 atom stereocenters. The molecule has 0 saturated heterocycles. The minimum absolute atomic E-state index is 0.288. The molecule has 0 saturated carbocycles. The molecule has 0 bridgehead atoms. The summed E-state index contributed by atoms with van der Waals surface area (Å²) >= 11 is 0. The third kappa shape index (κ3) is 4.12. The van der Waals surface area contributed by atoms with Crippen LogP contribution in [0.3, 0.4) is 0 Å². The van der Waals surface area contributed by atoms with Crippen LogP contribution < -0.4 is 4.74 Å². The largest absolute Gasteiger partial charge is 0.497 e. The van der Waals surface area contributed by atoms with Gasteiger partial charge in [-0.2, -0.15) is 0 Å². The highest BCUT2D eigenvalue weighted by Gasteiger charge is 2.17. The van der Waals surface area contributed by atoms with Crippen molar-refractivity contribution in [3.63, 3.8) is 0 Å². The van der Waals surface area contributed by atoms with Crippen molar-refractivity contribution in [2.24, 2.45) is 0 Å². The number of hydrogen-bond acceptors (Lipinski definition) is 4. The number of hydrogen-bond donors (Lipinski definition) is 0. The van der Waals surface area contributed by atoms with Gasteiger partial charge in [-0.1, -0.05) is 42.3 Å². The smallest absolute Gasteiger partial charge is 0.384 e. The molecule has 4 heteroatoms. The molecule has 4 nitrogen and oxygen atoms in total. The molecule has 0 aliphatic rings. The minimum Gasteiger partial charge on any atom is -0.497 e. The maximum absolute atomic E-state index is 11.3. The van der Waals surface area contributed by atoms with Gasteiger partial charge in [-0.05, 0) is 17.7 Å². The zero-order chi connectivity index (χ0) is 16.7. The lowest BCUT2D eigenvalue weighted by molar-refractivity contribution is -0.133. The van der Waals surface area contributed by atoms with E-state index in [2.05, 4.69) is 16.6 Å². The molecule has 0 aromatic heterocycles. The van der Waals surface area contributed by atoms with E-state index < -0.39 is 5.97 Å². The van der Waals surface area contributed by atoms with Gasteiger partial charge in [0.1, 0.15) is 11.9 Å². The lowest BCUT2D eigenvalue weighted by Crippen LogP contribution is -2.06. The van der Waals surface area contributed by atoms with Crippen molar-refractivity contribution in [3.8, 4) is 17.6 Å². The Balaban J connectivity index is 2.51. The van der Waals surface area contributed by atoms with Crippen LogP contribution in [0.1, 0.15) is 22.8 Å². The van der Waals surface area contributed by atoms with Crippen molar-refractivity contribution in [2.45, 2.75) is 6.10 Å². The van der Waals surface area contributed by atoms with E-state index in [0.29, 0.717) is 11.3 Å². The summed E-state index contributed by atoms with van der Waals surface area (Å²) in [4.78, 5) is 11.3. The van der Waals surface area contributed by atoms with E-state index in [1.54, 1.807) is 20.3 Å². The standard InChI is InChI=1S/C19H18O4/c1-21-16-10-11-17(15(13-16)9-12-18(20)22-2)19(23-3)14-7-5-4-6-8-14/h4-8,10-11,13,19H,1-3H3. The summed E-state index contributed by atoms with van der Waals surface area (Å²) in [5, 5.41) is 0. The van der Waals surface area contributed by atoms with Crippen molar-refractivity contribution in [1.82, 2.24) is 0 Å². The average molecular weight is 310 g/mol. The second-order valence-electron chi connectivity index (χ2n) is 4.72.